The van der Waals surface area contributed by atoms with Crippen molar-refractivity contribution in [1.29, 1.82) is 5.26 Å². The van der Waals surface area contributed by atoms with Gasteiger partial charge in [-0.2, -0.15) is 5.26 Å². The standard InChI is InChI=1S/C21H22N4O4/c22-11-17(21(26)23-12-18-2-1-9-27-18)14-25-7-5-24(6-8-25)13-16-3-4-19-20(10-16)29-15-28-19/h1-4,9-10,14H,5-8,12-13,15H2,(H,23,26)/p+1/b17-14-. The van der Waals surface area contributed by atoms with Gasteiger partial charge in [0, 0.05) is 11.8 Å². The lowest BCUT2D eigenvalue weighted by atomic mass is 10.1. The summed E-state index contributed by atoms with van der Waals surface area (Å²) in [6, 6.07) is 11.6. The molecular formula is C21H23N4O4+. The Morgan fingerprint density at radius 2 is 2.07 bits per heavy atom. The van der Waals surface area contributed by atoms with Gasteiger partial charge in [0.1, 0.15) is 23.9 Å². The number of hydrogen-bond acceptors (Lipinski definition) is 6. The molecular weight excluding hydrogens is 372 g/mol. The molecule has 1 saturated heterocycles. The number of nitrogens with zero attached hydrogens (tertiary/aromatic N) is 2. The summed E-state index contributed by atoms with van der Waals surface area (Å²) in [4.78, 5) is 15.7. The van der Waals surface area contributed by atoms with Gasteiger partial charge >= 0.3 is 0 Å². The van der Waals surface area contributed by atoms with E-state index in [0.29, 0.717) is 5.76 Å². The number of rotatable bonds is 6. The van der Waals surface area contributed by atoms with E-state index in [9.17, 15) is 10.1 Å². The zero-order valence-electron chi connectivity index (χ0n) is 16.0. The molecule has 8 nitrogen and oxygen atoms in total. The Hall–Kier alpha value is -3.44. The lowest BCUT2D eigenvalue weighted by molar-refractivity contribution is -0.917. The van der Waals surface area contributed by atoms with Crippen molar-refractivity contribution in [3.8, 4) is 17.6 Å². The SMILES string of the molecule is N#C/C(=C/N1CC[NH+](Cc2ccc3c(c2)OCO3)CC1)C(=O)NCc1ccco1. The van der Waals surface area contributed by atoms with Crippen LogP contribution in [0.2, 0.25) is 0 Å². The van der Waals surface area contributed by atoms with Crippen LogP contribution < -0.4 is 19.7 Å². The third kappa shape index (κ3) is 4.70. The summed E-state index contributed by atoms with van der Waals surface area (Å²) in [6.07, 6.45) is 3.21. The molecule has 3 heterocycles. The van der Waals surface area contributed by atoms with Gasteiger partial charge < -0.3 is 29.0 Å². The highest BCUT2D eigenvalue weighted by Crippen LogP contribution is 2.32. The van der Waals surface area contributed by atoms with Gasteiger partial charge in [-0.25, -0.2) is 0 Å². The summed E-state index contributed by atoms with van der Waals surface area (Å²) >= 11 is 0. The minimum Gasteiger partial charge on any atom is -0.467 e. The minimum absolute atomic E-state index is 0.107. The Kier molecular flexibility index (Phi) is 5.68. The summed E-state index contributed by atoms with van der Waals surface area (Å²) in [6.45, 7) is 4.89. The molecule has 1 fully saturated rings. The molecule has 0 saturated carbocycles. The van der Waals surface area contributed by atoms with Crippen molar-refractivity contribution in [2.75, 3.05) is 33.0 Å². The monoisotopic (exact) mass is 395 g/mol. The smallest absolute Gasteiger partial charge is 0.263 e. The Morgan fingerprint density at radius 3 is 2.83 bits per heavy atom. The molecule has 1 amide bonds. The van der Waals surface area contributed by atoms with Crippen molar-refractivity contribution in [3.63, 3.8) is 0 Å². The summed E-state index contributed by atoms with van der Waals surface area (Å²) in [5.41, 5.74) is 1.32. The molecule has 0 atom stereocenters. The molecule has 2 N–H and O–H groups in total. The number of carbonyl (C=O) groups excluding carboxylic acids is 1. The first-order valence-electron chi connectivity index (χ1n) is 9.60. The van der Waals surface area contributed by atoms with Gasteiger partial charge in [0.15, 0.2) is 11.5 Å². The van der Waals surface area contributed by atoms with Crippen molar-refractivity contribution in [1.82, 2.24) is 10.2 Å². The van der Waals surface area contributed by atoms with E-state index >= 15 is 0 Å². The van der Waals surface area contributed by atoms with Crippen LogP contribution in [0.15, 0.2) is 52.8 Å². The molecule has 0 aliphatic carbocycles. The highest BCUT2D eigenvalue weighted by Gasteiger charge is 2.21. The highest BCUT2D eigenvalue weighted by atomic mass is 16.7. The number of benzene rings is 1. The van der Waals surface area contributed by atoms with E-state index in [-0.39, 0.29) is 24.8 Å². The second kappa shape index (κ2) is 8.71. The summed E-state index contributed by atoms with van der Waals surface area (Å²) in [5.74, 6) is 1.87. The third-order valence-electron chi connectivity index (χ3n) is 5.08. The Labute approximate surface area is 168 Å². The molecule has 0 unspecified atom stereocenters. The van der Waals surface area contributed by atoms with Crippen LogP contribution in [0.1, 0.15) is 11.3 Å². The number of piperazine rings is 1. The fourth-order valence-corrected chi connectivity index (χ4v) is 3.48. The van der Waals surface area contributed by atoms with Crippen LogP contribution in [0.25, 0.3) is 0 Å². The van der Waals surface area contributed by atoms with E-state index in [0.717, 1.165) is 44.2 Å². The number of quaternary nitrogens is 1. The third-order valence-corrected chi connectivity index (χ3v) is 5.08. The van der Waals surface area contributed by atoms with Crippen molar-refractivity contribution < 1.29 is 23.6 Å². The average Bonchev–Trinajstić information content (AvgIpc) is 3.43. The summed E-state index contributed by atoms with van der Waals surface area (Å²) in [7, 11) is 0. The summed E-state index contributed by atoms with van der Waals surface area (Å²) < 4.78 is 16.0. The lowest BCUT2D eigenvalue weighted by Crippen LogP contribution is -3.13. The average molecular weight is 395 g/mol. The topological polar surface area (TPSA) is 92.2 Å². The zero-order chi connectivity index (χ0) is 20.1. The van der Waals surface area contributed by atoms with Crippen molar-refractivity contribution in [2.45, 2.75) is 13.1 Å². The van der Waals surface area contributed by atoms with Gasteiger partial charge in [-0.15, -0.1) is 0 Å². The fourth-order valence-electron chi connectivity index (χ4n) is 3.48. The van der Waals surface area contributed by atoms with Crippen LogP contribution in [0.5, 0.6) is 11.5 Å². The molecule has 8 heteroatoms. The Balaban J connectivity index is 1.27. The van der Waals surface area contributed by atoms with E-state index in [1.807, 2.05) is 23.1 Å². The maximum Gasteiger partial charge on any atom is 0.263 e. The number of nitriles is 1. The first kappa shape index (κ1) is 18.9. The summed E-state index contributed by atoms with van der Waals surface area (Å²) in [5, 5.41) is 12.1. The Bertz CT molecular complexity index is 925. The molecule has 0 bridgehead atoms. The van der Waals surface area contributed by atoms with Crippen LogP contribution in [-0.4, -0.2) is 43.8 Å². The molecule has 1 aromatic heterocycles. The maximum atomic E-state index is 12.2. The number of amides is 1. The highest BCUT2D eigenvalue weighted by molar-refractivity contribution is 5.97. The maximum absolute atomic E-state index is 12.2. The van der Waals surface area contributed by atoms with Gasteiger partial charge in [-0.05, 0) is 30.3 Å². The van der Waals surface area contributed by atoms with Crippen LogP contribution in [0, 0.1) is 11.3 Å². The number of ether oxygens (including phenoxy) is 2. The van der Waals surface area contributed by atoms with Crippen LogP contribution in [0.3, 0.4) is 0 Å². The largest absolute Gasteiger partial charge is 0.467 e. The molecule has 2 aliphatic rings. The van der Waals surface area contributed by atoms with Gasteiger partial charge in [0.2, 0.25) is 6.79 Å². The van der Waals surface area contributed by atoms with Crippen molar-refractivity contribution in [3.05, 3.63) is 59.7 Å². The minimum atomic E-state index is -0.390. The fraction of sp³-hybridized carbons (Fsp3) is 0.333. The number of furan rings is 1. The van der Waals surface area contributed by atoms with E-state index in [1.54, 1.807) is 24.6 Å². The molecule has 0 radical (unpaired) electrons. The van der Waals surface area contributed by atoms with Crippen LogP contribution >= 0.6 is 0 Å². The van der Waals surface area contributed by atoms with Gasteiger partial charge in [0.05, 0.1) is 39.0 Å². The molecule has 29 heavy (non-hydrogen) atoms. The molecule has 0 spiro atoms. The van der Waals surface area contributed by atoms with Crippen LogP contribution in [-0.2, 0) is 17.9 Å². The number of hydrogen-bond donors (Lipinski definition) is 2. The molecule has 4 rings (SSSR count). The normalized spacial score (nSPS) is 16.5. The van der Waals surface area contributed by atoms with Gasteiger partial charge in [-0.1, -0.05) is 0 Å². The van der Waals surface area contributed by atoms with E-state index in [4.69, 9.17) is 13.9 Å². The number of carbonyl (C=O) groups is 1. The second-order valence-corrected chi connectivity index (χ2v) is 7.07. The Morgan fingerprint density at radius 1 is 1.24 bits per heavy atom. The first-order valence-corrected chi connectivity index (χ1v) is 9.60. The number of nitrogens with one attached hydrogen (secondary N) is 2. The van der Waals surface area contributed by atoms with Gasteiger partial charge in [0.25, 0.3) is 5.91 Å². The van der Waals surface area contributed by atoms with E-state index in [2.05, 4.69) is 11.4 Å². The lowest BCUT2D eigenvalue weighted by Gasteiger charge is -2.31. The quantitative estimate of drug-likeness (QED) is 0.545. The van der Waals surface area contributed by atoms with E-state index < -0.39 is 0 Å². The molecule has 2 aliphatic heterocycles. The zero-order valence-corrected chi connectivity index (χ0v) is 16.0. The predicted molar refractivity (Wildman–Crippen MR) is 103 cm³/mol. The van der Waals surface area contributed by atoms with Gasteiger partial charge in [-0.3, -0.25) is 4.79 Å². The van der Waals surface area contributed by atoms with Crippen molar-refractivity contribution >= 4 is 5.91 Å². The van der Waals surface area contributed by atoms with Crippen molar-refractivity contribution in [2.24, 2.45) is 0 Å². The van der Waals surface area contributed by atoms with Crippen LogP contribution in [0.4, 0.5) is 0 Å². The molecule has 1 aromatic carbocycles. The number of fused-ring (bicyclic) bond motifs is 1. The van der Waals surface area contributed by atoms with E-state index in [1.165, 1.54) is 10.5 Å². The molecule has 2 aromatic rings. The first-order chi connectivity index (χ1) is 14.2. The second-order valence-electron chi connectivity index (χ2n) is 7.07. The predicted octanol–water partition coefficient (Wildman–Crippen LogP) is 0.433. The molecule has 150 valence electrons.